The van der Waals surface area contributed by atoms with Crippen molar-refractivity contribution in [3.05, 3.63) is 29.1 Å². The number of alkyl halides is 3. The van der Waals surface area contributed by atoms with Crippen LogP contribution < -0.4 is 5.32 Å². The van der Waals surface area contributed by atoms with Crippen molar-refractivity contribution in [1.82, 2.24) is 10.3 Å². The van der Waals surface area contributed by atoms with Crippen LogP contribution in [0.2, 0.25) is 0 Å². The van der Waals surface area contributed by atoms with E-state index < -0.39 is 11.9 Å². The number of aromatic nitrogens is 1. The molecule has 100 valence electrons. The Hall–Kier alpha value is -1.14. The van der Waals surface area contributed by atoms with Gasteiger partial charge in [0.25, 0.3) is 0 Å². The predicted molar refractivity (Wildman–Crippen MR) is 60.3 cm³/mol. The fourth-order valence-corrected chi connectivity index (χ4v) is 1.95. The van der Waals surface area contributed by atoms with Gasteiger partial charge in [0.05, 0.1) is 12.7 Å². The van der Waals surface area contributed by atoms with E-state index in [-0.39, 0.29) is 6.10 Å². The third-order valence-corrected chi connectivity index (χ3v) is 2.96. The van der Waals surface area contributed by atoms with Gasteiger partial charge in [-0.15, -0.1) is 0 Å². The third kappa shape index (κ3) is 3.20. The molecule has 6 heteroatoms. The highest BCUT2D eigenvalue weighted by atomic mass is 19.4. The third-order valence-electron chi connectivity index (χ3n) is 2.96. The van der Waals surface area contributed by atoms with Gasteiger partial charge in [0.15, 0.2) is 0 Å². The van der Waals surface area contributed by atoms with Gasteiger partial charge in [-0.3, -0.25) is 4.98 Å². The quantitative estimate of drug-likeness (QED) is 0.882. The van der Waals surface area contributed by atoms with Crippen LogP contribution in [0, 0.1) is 6.92 Å². The van der Waals surface area contributed by atoms with Crippen molar-refractivity contribution in [1.29, 1.82) is 0 Å². The van der Waals surface area contributed by atoms with Crippen LogP contribution in [0.25, 0.3) is 0 Å². The smallest absolute Gasteiger partial charge is 0.375 e. The minimum absolute atomic E-state index is 0.0102. The first-order valence-corrected chi connectivity index (χ1v) is 5.82. The highest BCUT2D eigenvalue weighted by Gasteiger charge is 2.32. The molecule has 1 atom stereocenters. The largest absolute Gasteiger partial charge is 0.433 e. The molecule has 1 saturated heterocycles. The number of nitrogens with one attached hydrogen (secondary N) is 1. The van der Waals surface area contributed by atoms with Crippen LogP contribution in [0.1, 0.15) is 16.8 Å². The van der Waals surface area contributed by atoms with E-state index in [1.165, 1.54) is 6.20 Å². The van der Waals surface area contributed by atoms with Crippen LogP contribution in [0.15, 0.2) is 12.3 Å². The Morgan fingerprint density at radius 1 is 1.50 bits per heavy atom. The van der Waals surface area contributed by atoms with Gasteiger partial charge in [-0.2, -0.15) is 13.2 Å². The number of halogens is 3. The Labute approximate surface area is 103 Å². The van der Waals surface area contributed by atoms with Gasteiger partial charge >= 0.3 is 6.18 Å². The zero-order valence-electron chi connectivity index (χ0n) is 10.0. The molecular weight excluding hydrogens is 245 g/mol. The second-order valence-corrected chi connectivity index (χ2v) is 4.39. The van der Waals surface area contributed by atoms with Crippen molar-refractivity contribution in [2.45, 2.75) is 25.6 Å². The van der Waals surface area contributed by atoms with E-state index in [1.807, 2.05) is 0 Å². The van der Waals surface area contributed by atoms with E-state index in [0.29, 0.717) is 18.6 Å². The first-order valence-electron chi connectivity index (χ1n) is 5.82. The number of nitrogens with zero attached hydrogens (tertiary/aromatic N) is 1. The summed E-state index contributed by atoms with van der Waals surface area (Å²) in [6.07, 6.45) is -2.48. The summed E-state index contributed by atoms with van der Waals surface area (Å²) in [5.74, 6) is 0. The van der Waals surface area contributed by atoms with E-state index in [4.69, 9.17) is 4.74 Å². The van der Waals surface area contributed by atoms with E-state index >= 15 is 0 Å². The first kappa shape index (κ1) is 13.3. The Balaban J connectivity index is 2.09. The lowest BCUT2D eigenvalue weighted by Gasteiger charge is -2.24. The number of pyridine rings is 1. The van der Waals surface area contributed by atoms with Crippen molar-refractivity contribution < 1.29 is 17.9 Å². The Morgan fingerprint density at radius 2 is 2.28 bits per heavy atom. The minimum atomic E-state index is -4.38. The summed E-state index contributed by atoms with van der Waals surface area (Å²) in [5, 5.41) is 3.18. The molecular formula is C12H15F3N2O. The lowest BCUT2D eigenvalue weighted by Crippen LogP contribution is -2.39. The zero-order valence-corrected chi connectivity index (χ0v) is 10.0. The number of morpholine rings is 1. The van der Waals surface area contributed by atoms with Gasteiger partial charge in [0.1, 0.15) is 5.69 Å². The molecule has 1 N–H and O–H groups in total. The van der Waals surface area contributed by atoms with Gasteiger partial charge in [0, 0.05) is 25.7 Å². The highest BCUT2D eigenvalue weighted by molar-refractivity contribution is 5.27. The fourth-order valence-electron chi connectivity index (χ4n) is 1.95. The van der Waals surface area contributed by atoms with Crippen LogP contribution in [-0.2, 0) is 17.3 Å². The number of aryl methyl sites for hydroxylation is 1. The van der Waals surface area contributed by atoms with Crippen molar-refractivity contribution in [2.24, 2.45) is 0 Å². The Morgan fingerprint density at radius 3 is 2.83 bits per heavy atom. The van der Waals surface area contributed by atoms with E-state index in [0.717, 1.165) is 24.7 Å². The maximum Gasteiger partial charge on any atom is 0.433 e. The lowest BCUT2D eigenvalue weighted by molar-refractivity contribution is -0.141. The molecule has 0 aliphatic carbocycles. The molecule has 1 aliphatic rings. The maximum atomic E-state index is 12.5. The summed E-state index contributed by atoms with van der Waals surface area (Å²) in [5.41, 5.74) is 0.564. The van der Waals surface area contributed by atoms with Crippen LogP contribution in [0.4, 0.5) is 13.2 Å². The molecule has 1 fully saturated rings. The monoisotopic (exact) mass is 260 g/mol. The van der Waals surface area contributed by atoms with Gasteiger partial charge in [0.2, 0.25) is 0 Å². The summed E-state index contributed by atoms with van der Waals surface area (Å²) >= 11 is 0. The molecule has 0 radical (unpaired) electrons. The second kappa shape index (κ2) is 5.24. The molecule has 1 aliphatic heterocycles. The van der Waals surface area contributed by atoms with Crippen LogP contribution in [-0.4, -0.2) is 30.8 Å². The molecule has 3 nitrogen and oxygen atoms in total. The molecule has 0 spiro atoms. The molecule has 0 amide bonds. The molecule has 0 bridgehead atoms. The van der Waals surface area contributed by atoms with Crippen LogP contribution in [0.3, 0.4) is 0 Å². The van der Waals surface area contributed by atoms with Crippen LogP contribution in [0.5, 0.6) is 0 Å². The molecule has 18 heavy (non-hydrogen) atoms. The highest BCUT2D eigenvalue weighted by Crippen LogP contribution is 2.28. The molecule has 0 aromatic carbocycles. The fraction of sp³-hybridized carbons (Fsp3) is 0.583. The van der Waals surface area contributed by atoms with Crippen molar-refractivity contribution >= 4 is 0 Å². The summed E-state index contributed by atoms with van der Waals surface area (Å²) in [4.78, 5) is 3.48. The maximum absolute atomic E-state index is 12.5. The molecule has 1 aromatic rings. The topological polar surface area (TPSA) is 34.2 Å². The Bertz CT molecular complexity index is 414. The summed E-state index contributed by atoms with van der Waals surface area (Å²) in [7, 11) is 0. The van der Waals surface area contributed by atoms with Gasteiger partial charge in [-0.05, 0) is 24.1 Å². The number of ether oxygens (including phenoxy) is 1. The summed E-state index contributed by atoms with van der Waals surface area (Å²) < 4.78 is 42.9. The van der Waals surface area contributed by atoms with Crippen molar-refractivity contribution in [3.63, 3.8) is 0 Å². The van der Waals surface area contributed by atoms with E-state index in [1.54, 1.807) is 6.92 Å². The number of hydrogen-bond acceptors (Lipinski definition) is 3. The van der Waals surface area contributed by atoms with Crippen LogP contribution >= 0.6 is 0 Å². The second-order valence-electron chi connectivity index (χ2n) is 4.39. The van der Waals surface area contributed by atoms with Gasteiger partial charge < -0.3 is 10.1 Å². The normalized spacial score (nSPS) is 21.0. The number of hydrogen-bond donors (Lipinski definition) is 1. The van der Waals surface area contributed by atoms with Gasteiger partial charge in [-0.25, -0.2) is 0 Å². The SMILES string of the molecule is Cc1cc(C(F)(F)F)ncc1C[C@H]1CNCCO1. The van der Waals surface area contributed by atoms with E-state index in [9.17, 15) is 13.2 Å². The lowest BCUT2D eigenvalue weighted by atomic mass is 10.0. The first-order chi connectivity index (χ1) is 8.47. The average Bonchev–Trinajstić information content (AvgIpc) is 2.32. The molecule has 1 aromatic heterocycles. The molecule has 2 heterocycles. The van der Waals surface area contributed by atoms with Crippen molar-refractivity contribution in [3.8, 4) is 0 Å². The molecule has 0 saturated carbocycles. The van der Waals surface area contributed by atoms with Gasteiger partial charge in [-0.1, -0.05) is 0 Å². The number of rotatable bonds is 2. The zero-order chi connectivity index (χ0) is 13.2. The average molecular weight is 260 g/mol. The van der Waals surface area contributed by atoms with E-state index in [2.05, 4.69) is 10.3 Å². The Kier molecular flexibility index (Phi) is 3.87. The minimum Gasteiger partial charge on any atom is -0.375 e. The summed E-state index contributed by atoms with van der Waals surface area (Å²) in [6.45, 7) is 3.85. The van der Waals surface area contributed by atoms with Crippen molar-refractivity contribution in [2.75, 3.05) is 19.7 Å². The summed E-state index contributed by atoms with van der Waals surface area (Å²) in [6, 6.07) is 1.09. The molecule has 0 unspecified atom stereocenters. The standard InChI is InChI=1S/C12H15F3N2O/c1-8-4-11(12(13,14)15)17-6-9(8)5-10-7-16-2-3-18-10/h4,6,10,16H,2-3,5,7H2,1H3/t10-/m0/s1. The molecule has 2 rings (SSSR count). The predicted octanol–water partition coefficient (Wildman–Crippen LogP) is 1.94.